The lowest BCUT2D eigenvalue weighted by molar-refractivity contribution is 0.0181. The number of phenols is 1. The highest BCUT2D eigenvalue weighted by atomic mass is 16.6. The van der Waals surface area contributed by atoms with E-state index in [1.165, 1.54) is 0 Å². The first kappa shape index (κ1) is 18.4. The van der Waals surface area contributed by atoms with Crippen molar-refractivity contribution in [3.63, 3.8) is 0 Å². The Balaban J connectivity index is 1.50. The van der Waals surface area contributed by atoms with E-state index in [0.29, 0.717) is 5.92 Å². The van der Waals surface area contributed by atoms with Crippen molar-refractivity contribution in [3.8, 4) is 5.75 Å². The maximum Gasteiger partial charge on any atom is 0.410 e. The van der Waals surface area contributed by atoms with Crippen LogP contribution in [0, 0.1) is 5.92 Å². The van der Waals surface area contributed by atoms with E-state index in [-0.39, 0.29) is 11.8 Å². The molecule has 0 radical (unpaired) electrons. The molecule has 1 aromatic carbocycles. The van der Waals surface area contributed by atoms with E-state index in [4.69, 9.17) is 4.74 Å². The molecule has 0 aliphatic carbocycles. The molecule has 140 valence electrons. The topological polar surface area (TPSA) is 75.5 Å². The second-order valence-corrected chi connectivity index (χ2v) is 7.98. The summed E-state index contributed by atoms with van der Waals surface area (Å²) in [5, 5.41) is 9.58. The first-order chi connectivity index (χ1) is 12.3. The normalized spacial score (nSPS) is 16.0. The van der Waals surface area contributed by atoms with Crippen molar-refractivity contribution in [1.82, 2.24) is 14.9 Å². The number of likely N-dealkylation sites (tertiary alicyclic amines) is 1. The fourth-order valence-electron chi connectivity index (χ4n) is 3.24. The molecule has 1 amide bonds. The molecule has 1 N–H and O–H groups in total. The molecule has 0 bridgehead atoms. The van der Waals surface area contributed by atoms with Gasteiger partial charge in [-0.2, -0.15) is 0 Å². The first-order valence-electron chi connectivity index (χ1n) is 9.23. The van der Waals surface area contributed by atoms with Crippen molar-refractivity contribution in [3.05, 3.63) is 30.1 Å². The summed E-state index contributed by atoms with van der Waals surface area (Å²) in [7, 11) is 0. The lowest BCUT2D eigenvalue weighted by Gasteiger charge is -2.33. The summed E-state index contributed by atoms with van der Waals surface area (Å²) in [5.41, 5.74) is 2.01. The Morgan fingerprint density at radius 3 is 2.69 bits per heavy atom. The minimum absolute atomic E-state index is 0.207. The first-order valence-corrected chi connectivity index (χ1v) is 9.23. The predicted octanol–water partition coefficient (Wildman–Crippen LogP) is 3.92. The molecule has 1 aromatic heterocycles. The van der Waals surface area contributed by atoms with Crippen LogP contribution in [-0.4, -0.2) is 44.8 Å². The Bertz CT molecular complexity index is 777. The summed E-state index contributed by atoms with van der Waals surface area (Å²) < 4.78 is 5.44. The molecule has 0 spiro atoms. The maximum atomic E-state index is 12.1. The quantitative estimate of drug-likeness (QED) is 0.901. The molecule has 6 heteroatoms. The molecule has 0 unspecified atom stereocenters. The van der Waals surface area contributed by atoms with Crippen molar-refractivity contribution in [2.24, 2.45) is 5.92 Å². The van der Waals surface area contributed by atoms with Crippen molar-refractivity contribution in [2.45, 2.75) is 52.1 Å². The van der Waals surface area contributed by atoms with Crippen LogP contribution in [0.25, 0.3) is 11.0 Å². The molecule has 1 fully saturated rings. The summed E-state index contributed by atoms with van der Waals surface area (Å²) in [6.45, 7) is 7.17. The van der Waals surface area contributed by atoms with E-state index in [2.05, 4.69) is 9.97 Å². The molecule has 0 atom stereocenters. The third kappa shape index (κ3) is 4.84. The zero-order valence-electron chi connectivity index (χ0n) is 15.7. The van der Waals surface area contributed by atoms with Crippen molar-refractivity contribution in [1.29, 1.82) is 0 Å². The van der Waals surface area contributed by atoms with Crippen LogP contribution in [0.3, 0.4) is 0 Å². The van der Waals surface area contributed by atoms with Gasteiger partial charge in [0, 0.05) is 25.4 Å². The largest absolute Gasteiger partial charge is 0.508 e. The van der Waals surface area contributed by atoms with Crippen LogP contribution in [0.5, 0.6) is 5.75 Å². The highest BCUT2D eigenvalue weighted by molar-refractivity contribution is 5.75. The number of rotatable bonds is 3. The average Bonchev–Trinajstić information content (AvgIpc) is 2.58. The number of carbonyl (C=O) groups is 1. The van der Waals surface area contributed by atoms with E-state index in [0.717, 1.165) is 55.5 Å². The number of nitrogens with zero attached hydrogens (tertiary/aromatic N) is 3. The van der Waals surface area contributed by atoms with Gasteiger partial charge in [-0.05, 0) is 64.5 Å². The number of hydrogen-bond donors (Lipinski definition) is 1. The monoisotopic (exact) mass is 357 g/mol. The molecule has 3 rings (SSSR count). The highest BCUT2D eigenvalue weighted by Crippen LogP contribution is 2.24. The second kappa shape index (κ2) is 7.48. The van der Waals surface area contributed by atoms with Crippen LogP contribution < -0.4 is 0 Å². The van der Waals surface area contributed by atoms with Gasteiger partial charge in [0.2, 0.25) is 0 Å². The van der Waals surface area contributed by atoms with Gasteiger partial charge in [-0.25, -0.2) is 9.78 Å². The van der Waals surface area contributed by atoms with Gasteiger partial charge in [0.05, 0.1) is 16.7 Å². The Hall–Kier alpha value is -2.37. The summed E-state index contributed by atoms with van der Waals surface area (Å²) in [4.78, 5) is 22.9. The van der Waals surface area contributed by atoms with Crippen LogP contribution in [0.4, 0.5) is 4.79 Å². The Morgan fingerprint density at radius 1 is 1.27 bits per heavy atom. The molecule has 2 heterocycles. The van der Waals surface area contributed by atoms with Crippen molar-refractivity contribution < 1.29 is 14.6 Å². The van der Waals surface area contributed by atoms with E-state index in [9.17, 15) is 9.90 Å². The third-order valence-electron chi connectivity index (χ3n) is 4.65. The van der Waals surface area contributed by atoms with Gasteiger partial charge < -0.3 is 14.7 Å². The number of aromatic hydroxyl groups is 1. The van der Waals surface area contributed by atoms with Crippen LogP contribution in [0.15, 0.2) is 24.4 Å². The third-order valence-corrected chi connectivity index (χ3v) is 4.65. The number of aromatic nitrogens is 2. The predicted molar refractivity (Wildman–Crippen MR) is 100 cm³/mol. The van der Waals surface area contributed by atoms with Crippen molar-refractivity contribution >= 4 is 17.1 Å². The van der Waals surface area contributed by atoms with E-state index < -0.39 is 5.60 Å². The SMILES string of the molecule is CC(C)(C)OC(=O)N1CCC(CCc2cnc3ccc(O)cc3n2)CC1. The average molecular weight is 357 g/mol. The standard InChI is InChI=1S/C20H27N3O3/c1-20(2,3)26-19(25)23-10-8-14(9-11-23)4-5-15-13-21-17-7-6-16(24)12-18(17)22-15/h6-7,12-14,24H,4-5,8-11H2,1-3H3. The molecular weight excluding hydrogens is 330 g/mol. The summed E-state index contributed by atoms with van der Waals surface area (Å²) in [6.07, 6.45) is 5.46. The van der Waals surface area contributed by atoms with E-state index >= 15 is 0 Å². The molecule has 6 nitrogen and oxygen atoms in total. The smallest absolute Gasteiger partial charge is 0.410 e. The number of ether oxygens (including phenoxy) is 1. The van der Waals surface area contributed by atoms with Gasteiger partial charge in [0.15, 0.2) is 0 Å². The minimum atomic E-state index is -0.447. The Labute approximate surface area is 154 Å². The number of phenolic OH excluding ortho intramolecular Hbond substituents is 1. The fourth-order valence-corrected chi connectivity index (χ4v) is 3.24. The number of piperidine rings is 1. The number of amides is 1. The molecule has 26 heavy (non-hydrogen) atoms. The Kier molecular flexibility index (Phi) is 5.30. The second-order valence-electron chi connectivity index (χ2n) is 7.98. The lowest BCUT2D eigenvalue weighted by atomic mass is 9.92. The minimum Gasteiger partial charge on any atom is -0.508 e. The van der Waals surface area contributed by atoms with Crippen LogP contribution in [0.2, 0.25) is 0 Å². The van der Waals surface area contributed by atoms with Crippen LogP contribution in [-0.2, 0) is 11.2 Å². The summed E-state index contributed by atoms with van der Waals surface area (Å²) in [6, 6.07) is 5.04. The van der Waals surface area contributed by atoms with Gasteiger partial charge in [-0.1, -0.05) is 0 Å². The van der Waals surface area contributed by atoms with E-state index in [1.807, 2.05) is 27.0 Å². The molecule has 0 saturated carbocycles. The zero-order chi connectivity index (χ0) is 18.7. The number of benzene rings is 1. The van der Waals surface area contributed by atoms with Gasteiger partial charge >= 0.3 is 6.09 Å². The van der Waals surface area contributed by atoms with Gasteiger partial charge in [0.25, 0.3) is 0 Å². The van der Waals surface area contributed by atoms with Gasteiger partial charge in [-0.15, -0.1) is 0 Å². The van der Waals surface area contributed by atoms with Crippen LogP contribution >= 0.6 is 0 Å². The number of hydrogen-bond acceptors (Lipinski definition) is 5. The number of fused-ring (bicyclic) bond motifs is 1. The van der Waals surface area contributed by atoms with E-state index in [1.54, 1.807) is 23.1 Å². The molecule has 1 aliphatic rings. The van der Waals surface area contributed by atoms with Crippen LogP contribution in [0.1, 0.15) is 45.7 Å². The van der Waals surface area contributed by atoms with Crippen molar-refractivity contribution in [2.75, 3.05) is 13.1 Å². The zero-order valence-corrected chi connectivity index (χ0v) is 15.7. The molecule has 2 aromatic rings. The molecule has 1 saturated heterocycles. The summed E-state index contributed by atoms with van der Waals surface area (Å²) in [5.74, 6) is 0.786. The number of carbonyl (C=O) groups excluding carboxylic acids is 1. The molecule has 1 aliphatic heterocycles. The lowest BCUT2D eigenvalue weighted by Crippen LogP contribution is -2.41. The van der Waals surface area contributed by atoms with Gasteiger partial charge in [-0.3, -0.25) is 4.98 Å². The maximum absolute atomic E-state index is 12.1. The highest BCUT2D eigenvalue weighted by Gasteiger charge is 2.26. The number of aryl methyl sites for hydroxylation is 1. The molecular formula is C20H27N3O3. The Morgan fingerprint density at radius 2 is 2.00 bits per heavy atom. The summed E-state index contributed by atoms with van der Waals surface area (Å²) >= 11 is 0. The van der Waals surface area contributed by atoms with Gasteiger partial charge in [0.1, 0.15) is 11.4 Å². The fraction of sp³-hybridized carbons (Fsp3) is 0.550.